The Morgan fingerprint density at radius 3 is 2.47 bits per heavy atom. The molecule has 0 aliphatic rings. The second-order valence-electron chi connectivity index (χ2n) is 6.77. The number of hydrogen-bond acceptors (Lipinski definition) is 5. The van der Waals surface area contributed by atoms with Crippen LogP contribution in [0.15, 0.2) is 55.0 Å². The van der Waals surface area contributed by atoms with Crippen LogP contribution in [0.5, 0.6) is 11.6 Å². The molecule has 0 aliphatic carbocycles. The van der Waals surface area contributed by atoms with E-state index in [2.05, 4.69) is 14.8 Å². The summed E-state index contributed by atoms with van der Waals surface area (Å²) in [6.45, 7) is 7.17. The summed E-state index contributed by atoms with van der Waals surface area (Å²) >= 11 is 6.37. The fourth-order valence-corrected chi connectivity index (χ4v) is 3.74. The number of pyridine rings is 1. The van der Waals surface area contributed by atoms with Gasteiger partial charge in [0.15, 0.2) is 17.0 Å². The molecule has 30 heavy (non-hydrogen) atoms. The topological polar surface area (TPSA) is 84.8 Å². The first-order valence-corrected chi connectivity index (χ1v) is 9.31. The van der Waals surface area contributed by atoms with Gasteiger partial charge in [-0.25, -0.2) is 14.8 Å². The predicted molar refractivity (Wildman–Crippen MR) is 113 cm³/mol. The minimum atomic E-state index is -1.58. The van der Waals surface area contributed by atoms with Gasteiger partial charge in [0, 0.05) is 12.4 Å². The summed E-state index contributed by atoms with van der Waals surface area (Å²) in [6.07, 6.45) is 3.18. The molecule has 150 valence electrons. The first-order chi connectivity index (χ1) is 14.4. The highest BCUT2D eigenvalue weighted by Gasteiger charge is 2.37. The minimum absolute atomic E-state index is 0.0249. The molecule has 0 amide bonds. The fraction of sp³-hybridized carbons (Fsp3) is 0.136. The lowest BCUT2D eigenvalue weighted by atomic mass is 9.83. The summed E-state index contributed by atoms with van der Waals surface area (Å²) in [7, 11) is 3.18. The zero-order chi connectivity index (χ0) is 21.5. The molecule has 8 heteroatoms. The van der Waals surface area contributed by atoms with Gasteiger partial charge in [-0.05, 0) is 23.3 Å². The second kappa shape index (κ2) is 7.34. The van der Waals surface area contributed by atoms with Crippen LogP contribution >= 0.6 is 11.6 Å². The molecule has 7 nitrogen and oxygen atoms in total. The molecule has 2 aromatic heterocycles. The Hall–Kier alpha value is -3.60. The lowest BCUT2D eigenvalue weighted by molar-refractivity contribution is 0.117. The number of nitrogens with zero attached hydrogens (tertiary/aromatic N) is 4. The molecule has 0 spiro atoms. The summed E-state index contributed by atoms with van der Waals surface area (Å²) in [5.74, 6) is -0.244. The number of fused-ring (bicyclic) bond motifs is 1. The van der Waals surface area contributed by atoms with Crippen LogP contribution in [-0.4, -0.2) is 31.9 Å². The zero-order valence-corrected chi connectivity index (χ0v) is 16.9. The second-order valence-corrected chi connectivity index (χ2v) is 7.15. The first-order valence-electron chi connectivity index (χ1n) is 8.94. The monoisotopic (exact) mass is 420 g/mol. The summed E-state index contributed by atoms with van der Waals surface area (Å²) < 4.78 is 6.79. The zero-order valence-electron chi connectivity index (χ0n) is 16.2. The molecule has 4 rings (SSSR count). The van der Waals surface area contributed by atoms with Crippen molar-refractivity contribution in [1.82, 2.24) is 14.5 Å². The molecule has 0 fully saturated rings. The average Bonchev–Trinajstić information content (AvgIpc) is 3.21. The SMILES string of the molecule is [C-]#[N+]c1ccc(C(O)(c2ccc3nc(OC)c(O)c(Cl)c3c2)c2cncn2C)cc1. The van der Waals surface area contributed by atoms with Crippen molar-refractivity contribution in [2.75, 3.05) is 7.11 Å². The maximum Gasteiger partial charge on any atom is 0.258 e. The maximum absolute atomic E-state index is 12.0. The molecule has 4 aromatic rings. The number of aliphatic hydroxyl groups is 1. The van der Waals surface area contributed by atoms with Gasteiger partial charge in [0.2, 0.25) is 0 Å². The smallest absolute Gasteiger partial charge is 0.258 e. The van der Waals surface area contributed by atoms with E-state index in [1.54, 1.807) is 66.6 Å². The lowest BCUT2D eigenvalue weighted by Crippen LogP contribution is -2.31. The molecule has 0 bridgehead atoms. The van der Waals surface area contributed by atoms with Gasteiger partial charge >= 0.3 is 0 Å². The molecule has 1 atom stereocenters. The Morgan fingerprint density at radius 1 is 1.17 bits per heavy atom. The van der Waals surface area contributed by atoms with Crippen molar-refractivity contribution in [2.45, 2.75) is 5.60 Å². The minimum Gasteiger partial charge on any atom is -0.502 e. The van der Waals surface area contributed by atoms with Crippen LogP contribution in [0.25, 0.3) is 15.7 Å². The number of rotatable bonds is 4. The molecule has 0 saturated heterocycles. The van der Waals surface area contributed by atoms with Crippen molar-refractivity contribution in [2.24, 2.45) is 7.05 Å². The predicted octanol–water partition coefficient (Wildman–Crippen LogP) is 4.17. The molecule has 1 unspecified atom stereocenters. The highest BCUT2D eigenvalue weighted by molar-refractivity contribution is 6.37. The standard InChI is InChI=1S/C22H17ClN4O3/c1-24-15-7-4-13(5-8-15)22(29,18-11-25-12-27(18)2)14-6-9-17-16(10-14)19(23)20(28)21(26-17)30-3/h4-12,28-29H,2-3H3. The molecular weight excluding hydrogens is 404 g/mol. The Bertz CT molecular complexity index is 1290. The number of ether oxygens (including phenoxy) is 1. The van der Waals surface area contributed by atoms with Crippen molar-refractivity contribution >= 4 is 28.2 Å². The number of aromatic nitrogens is 3. The van der Waals surface area contributed by atoms with Gasteiger partial charge in [-0.2, -0.15) is 0 Å². The number of aromatic hydroxyl groups is 1. The van der Waals surface area contributed by atoms with E-state index in [-0.39, 0.29) is 16.7 Å². The van der Waals surface area contributed by atoms with Crippen LogP contribution < -0.4 is 4.74 Å². The van der Waals surface area contributed by atoms with E-state index in [1.807, 2.05) is 0 Å². The van der Waals surface area contributed by atoms with Crippen LogP contribution in [0.3, 0.4) is 0 Å². The molecule has 0 radical (unpaired) electrons. The van der Waals surface area contributed by atoms with E-state index in [0.29, 0.717) is 33.4 Å². The van der Waals surface area contributed by atoms with Gasteiger partial charge in [0.1, 0.15) is 0 Å². The largest absolute Gasteiger partial charge is 0.502 e. The molecule has 2 N–H and O–H groups in total. The number of aryl methyl sites for hydroxylation is 1. The Kier molecular flexibility index (Phi) is 4.82. The third-order valence-corrected chi connectivity index (χ3v) is 5.46. The summed E-state index contributed by atoms with van der Waals surface area (Å²) in [6, 6.07) is 11.8. The Labute approximate surface area is 177 Å². The number of hydrogen-bond donors (Lipinski definition) is 2. The van der Waals surface area contributed by atoms with Gasteiger partial charge < -0.3 is 19.5 Å². The van der Waals surface area contributed by atoms with Gasteiger partial charge in [-0.15, -0.1) is 0 Å². The van der Waals surface area contributed by atoms with Crippen molar-refractivity contribution in [3.05, 3.63) is 88.2 Å². The summed E-state index contributed by atoms with van der Waals surface area (Å²) in [5.41, 5.74) is 0.975. The van der Waals surface area contributed by atoms with E-state index in [9.17, 15) is 10.2 Å². The molecule has 2 aromatic carbocycles. The number of halogens is 1. The van der Waals surface area contributed by atoms with Crippen LogP contribution in [-0.2, 0) is 12.6 Å². The Morgan fingerprint density at radius 2 is 1.87 bits per heavy atom. The number of imidazole rings is 1. The quantitative estimate of drug-likeness (QED) is 0.484. The van der Waals surface area contributed by atoms with Crippen molar-refractivity contribution in [1.29, 1.82) is 0 Å². The normalized spacial score (nSPS) is 13.0. The fourth-order valence-electron chi connectivity index (χ4n) is 3.51. The van der Waals surface area contributed by atoms with Crippen molar-refractivity contribution in [3.63, 3.8) is 0 Å². The lowest BCUT2D eigenvalue weighted by Gasteiger charge is -2.30. The maximum atomic E-state index is 12.0. The van der Waals surface area contributed by atoms with E-state index in [0.717, 1.165) is 0 Å². The number of benzene rings is 2. The molecular formula is C22H17ClN4O3. The van der Waals surface area contributed by atoms with Gasteiger partial charge in [-0.1, -0.05) is 41.9 Å². The van der Waals surface area contributed by atoms with E-state index in [1.165, 1.54) is 7.11 Å². The molecule has 0 aliphatic heterocycles. The van der Waals surface area contributed by atoms with Crippen molar-refractivity contribution in [3.8, 4) is 11.6 Å². The molecule has 0 saturated carbocycles. The van der Waals surface area contributed by atoms with Crippen LogP contribution in [0.4, 0.5) is 5.69 Å². The summed E-state index contributed by atoms with van der Waals surface area (Å²) in [4.78, 5) is 11.8. The van der Waals surface area contributed by atoms with E-state index >= 15 is 0 Å². The van der Waals surface area contributed by atoms with Gasteiger partial charge in [-0.3, -0.25) is 0 Å². The third-order valence-electron chi connectivity index (χ3n) is 5.08. The van der Waals surface area contributed by atoms with Crippen LogP contribution in [0.2, 0.25) is 5.02 Å². The average molecular weight is 421 g/mol. The number of methoxy groups -OCH3 is 1. The third kappa shape index (κ3) is 2.94. The summed E-state index contributed by atoms with van der Waals surface area (Å²) in [5, 5.41) is 22.8. The van der Waals surface area contributed by atoms with Crippen LogP contribution in [0.1, 0.15) is 16.8 Å². The van der Waals surface area contributed by atoms with E-state index < -0.39 is 5.60 Å². The van der Waals surface area contributed by atoms with Crippen molar-refractivity contribution < 1.29 is 14.9 Å². The van der Waals surface area contributed by atoms with E-state index in [4.69, 9.17) is 22.9 Å². The molecule has 2 heterocycles. The van der Waals surface area contributed by atoms with Crippen LogP contribution in [0, 0.1) is 6.57 Å². The first kappa shape index (κ1) is 19.7. The van der Waals surface area contributed by atoms with Gasteiger partial charge in [0.05, 0.1) is 42.4 Å². The van der Waals surface area contributed by atoms with Gasteiger partial charge in [0.25, 0.3) is 5.88 Å². The Balaban J connectivity index is 2.00. The highest BCUT2D eigenvalue weighted by Crippen LogP contribution is 2.42. The highest BCUT2D eigenvalue weighted by atomic mass is 35.5.